The van der Waals surface area contributed by atoms with Gasteiger partial charge in [0, 0.05) is 18.4 Å². The topological polar surface area (TPSA) is 30.5 Å². The summed E-state index contributed by atoms with van der Waals surface area (Å²) in [6, 6.07) is 8.46. The second-order valence-corrected chi connectivity index (χ2v) is 8.50. The molecule has 1 aromatic carbocycles. The van der Waals surface area contributed by atoms with E-state index in [1.165, 1.54) is 12.0 Å². The summed E-state index contributed by atoms with van der Waals surface area (Å²) in [5.74, 6) is 8.58. The number of benzene rings is 1. The van der Waals surface area contributed by atoms with Crippen LogP contribution in [0.5, 0.6) is 5.75 Å². The summed E-state index contributed by atoms with van der Waals surface area (Å²) in [7, 11) is 1.72. The van der Waals surface area contributed by atoms with Gasteiger partial charge in [-0.1, -0.05) is 12.1 Å². The Morgan fingerprint density at radius 1 is 1.09 bits per heavy atom. The van der Waals surface area contributed by atoms with Gasteiger partial charge in [-0.3, -0.25) is 5.32 Å². The van der Waals surface area contributed by atoms with Crippen LogP contribution in [0.3, 0.4) is 0 Å². The van der Waals surface area contributed by atoms with E-state index in [1.807, 2.05) is 0 Å². The molecule has 0 spiro atoms. The maximum Gasteiger partial charge on any atom is 0.126 e. The molecule has 8 rings (SSSR count). The third kappa shape index (κ3) is 0.908. The molecule has 5 aliphatic carbocycles. The molecule has 114 valence electrons. The van der Waals surface area contributed by atoms with E-state index in [4.69, 9.17) is 9.47 Å². The van der Waals surface area contributed by atoms with Crippen LogP contribution in [-0.4, -0.2) is 18.9 Å². The van der Waals surface area contributed by atoms with Gasteiger partial charge in [0.1, 0.15) is 11.5 Å². The van der Waals surface area contributed by atoms with Crippen molar-refractivity contribution in [1.29, 1.82) is 0 Å². The van der Waals surface area contributed by atoms with E-state index in [2.05, 4.69) is 29.6 Å². The zero-order valence-corrected chi connectivity index (χ0v) is 12.7. The highest BCUT2D eigenvalue weighted by Gasteiger charge is 2.92. The smallest absolute Gasteiger partial charge is 0.126 e. The molecule has 10 atom stereocenters. The third-order valence-electron chi connectivity index (χ3n) is 8.43. The number of hydrogen-bond donors (Lipinski definition) is 1. The van der Waals surface area contributed by atoms with E-state index >= 15 is 0 Å². The van der Waals surface area contributed by atoms with E-state index in [-0.39, 0.29) is 5.72 Å². The van der Waals surface area contributed by atoms with Gasteiger partial charge in [-0.2, -0.15) is 0 Å². The van der Waals surface area contributed by atoms with Crippen molar-refractivity contribution in [2.75, 3.05) is 7.11 Å². The van der Waals surface area contributed by atoms with Crippen LogP contribution in [0, 0.1) is 47.3 Å². The fourth-order valence-electron chi connectivity index (χ4n) is 8.28. The molecule has 0 aromatic heterocycles. The first-order valence-corrected chi connectivity index (χ1v) is 8.89. The van der Waals surface area contributed by atoms with Crippen molar-refractivity contribution in [3.05, 3.63) is 29.8 Å². The summed E-state index contributed by atoms with van der Waals surface area (Å²) < 4.78 is 11.9. The average molecular weight is 295 g/mol. The molecule has 1 aromatic rings. The summed E-state index contributed by atoms with van der Waals surface area (Å²) in [5, 5.41) is 3.91. The fourth-order valence-corrected chi connectivity index (χ4v) is 8.28. The summed E-state index contributed by atoms with van der Waals surface area (Å²) in [6.45, 7) is 0.928. The maximum atomic E-state index is 6.69. The number of nitrogens with one attached hydrogen (secondary N) is 1. The van der Waals surface area contributed by atoms with E-state index in [1.54, 1.807) is 7.11 Å². The van der Waals surface area contributed by atoms with E-state index in [0.717, 1.165) is 59.6 Å². The van der Waals surface area contributed by atoms with Gasteiger partial charge in [0.2, 0.25) is 0 Å². The van der Waals surface area contributed by atoms with Crippen molar-refractivity contribution in [2.45, 2.75) is 24.8 Å². The predicted molar refractivity (Wildman–Crippen MR) is 80.0 cm³/mol. The molecule has 1 N–H and O–H groups in total. The van der Waals surface area contributed by atoms with Crippen molar-refractivity contribution < 1.29 is 9.47 Å². The Bertz CT molecular complexity index is 677. The first-order valence-electron chi connectivity index (χ1n) is 8.89. The molecule has 3 nitrogen and oxygen atoms in total. The highest BCUT2D eigenvalue weighted by atomic mass is 16.5. The van der Waals surface area contributed by atoms with Gasteiger partial charge in [0.25, 0.3) is 0 Å². The molecule has 2 saturated heterocycles. The van der Waals surface area contributed by atoms with Crippen LogP contribution in [0.15, 0.2) is 24.3 Å². The molecule has 2 aliphatic heterocycles. The Morgan fingerprint density at radius 2 is 1.95 bits per heavy atom. The second kappa shape index (κ2) is 3.25. The van der Waals surface area contributed by atoms with Gasteiger partial charge in [-0.15, -0.1) is 0 Å². The maximum absolute atomic E-state index is 6.69. The minimum atomic E-state index is 0.0526. The number of hydrogen-bond acceptors (Lipinski definition) is 3. The average Bonchev–Trinajstić information content (AvgIpc) is 3.19. The molecule has 2 heterocycles. The standard InChI is InChI=1S/C19H21NO2/c1-21-9-4-2-8(3-5-9)7-20-19-16-11-6-10-12-13(11)17(19)15(12)18(22-19)14(10)16/h2-5,10-18,20H,6-7H2,1H3. The largest absolute Gasteiger partial charge is 0.497 e. The van der Waals surface area contributed by atoms with Crippen LogP contribution in [0.1, 0.15) is 12.0 Å². The molecular weight excluding hydrogens is 274 g/mol. The molecular formula is C19H21NO2. The number of methoxy groups -OCH3 is 1. The second-order valence-electron chi connectivity index (χ2n) is 8.50. The molecule has 0 radical (unpaired) electrons. The van der Waals surface area contributed by atoms with Crippen LogP contribution in [0.4, 0.5) is 0 Å². The Hall–Kier alpha value is -1.06. The summed E-state index contributed by atoms with van der Waals surface area (Å²) in [4.78, 5) is 0. The lowest BCUT2D eigenvalue weighted by Crippen LogP contribution is -2.56. The summed E-state index contributed by atoms with van der Waals surface area (Å²) in [6.07, 6.45) is 2.15. The highest BCUT2D eigenvalue weighted by Crippen LogP contribution is 2.89. The van der Waals surface area contributed by atoms with Crippen molar-refractivity contribution in [3.63, 3.8) is 0 Å². The molecule has 5 saturated carbocycles. The van der Waals surface area contributed by atoms with Crippen molar-refractivity contribution in [1.82, 2.24) is 5.32 Å². The monoisotopic (exact) mass is 295 g/mol. The van der Waals surface area contributed by atoms with Gasteiger partial charge < -0.3 is 9.47 Å². The van der Waals surface area contributed by atoms with Gasteiger partial charge in [0.05, 0.1) is 13.2 Å². The summed E-state index contributed by atoms with van der Waals surface area (Å²) >= 11 is 0. The molecule has 0 amide bonds. The van der Waals surface area contributed by atoms with Crippen LogP contribution in [0.2, 0.25) is 0 Å². The van der Waals surface area contributed by atoms with Crippen LogP contribution >= 0.6 is 0 Å². The van der Waals surface area contributed by atoms with Gasteiger partial charge in [-0.25, -0.2) is 0 Å². The van der Waals surface area contributed by atoms with Gasteiger partial charge in [0.15, 0.2) is 0 Å². The van der Waals surface area contributed by atoms with Crippen molar-refractivity contribution >= 4 is 0 Å². The zero-order valence-electron chi connectivity index (χ0n) is 12.7. The lowest BCUT2D eigenvalue weighted by atomic mass is 9.59. The Morgan fingerprint density at radius 3 is 2.77 bits per heavy atom. The van der Waals surface area contributed by atoms with Crippen molar-refractivity contribution in [2.24, 2.45) is 47.3 Å². The molecule has 4 bridgehead atoms. The third-order valence-corrected chi connectivity index (χ3v) is 8.43. The Balaban J connectivity index is 1.21. The van der Waals surface area contributed by atoms with Gasteiger partial charge >= 0.3 is 0 Å². The van der Waals surface area contributed by atoms with E-state index in [9.17, 15) is 0 Å². The Kier molecular flexibility index (Phi) is 1.69. The minimum absolute atomic E-state index is 0.0526. The highest BCUT2D eigenvalue weighted by molar-refractivity contribution is 5.39. The number of ether oxygens (including phenoxy) is 2. The fraction of sp³-hybridized carbons (Fsp3) is 0.684. The normalized spacial score (nSPS) is 59.8. The van der Waals surface area contributed by atoms with Crippen LogP contribution in [0.25, 0.3) is 0 Å². The van der Waals surface area contributed by atoms with Crippen LogP contribution in [-0.2, 0) is 11.3 Å². The molecule has 10 unspecified atom stereocenters. The van der Waals surface area contributed by atoms with Gasteiger partial charge in [-0.05, 0) is 59.6 Å². The van der Waals surface area contributed by atoms with E-state index in [0.29, 0.717) is 6.10 Å². The lowest BCUT2D eigenvalue weighted by Gasteiger charge is -2.46. The van der Waals surface area contributed by atoms with Crippen LogP contribution < -0.4 is 10.1 Å². The quantitative estimate of drug-likeness (QED) is 0.924. The molecule has 3 heteroatoms. The Labute approximate surface area is 130 Å². The summed E-state index contributed by atoms with van der Waals surface area (Å²) in [5.41, 5.74) is 1.39. The van der Waals surface area contributed by atoms with E-state index < -0.39 is 0 Å². The minimum Gasteiger partial charge on any atom is -0.497 e. The molecule has 22 heavy (non-hydrogen) atoms. The zero-order chi connectivity index (χ0) is 14.2. The SMILES string of the molecule is COc1ccc(CNC23OC4C5C6CC(C7C6C4C72)C53)cc1. The number of rotatable bonds is 4. The van der Waals surface area contributed by atoms with Crippen molar-refractivity contribution in [3.8, 4) is 5.75 Å². The molecule has 7 fully saturated rings. The molecule has 7 aliphatic rings. The first-order chi connectivity index (χ1) is 10.8. The first kappa shape index (κ1) is 11.5. The predicted octanol–water partition coefficient (Wildman–Crippen LogP) is 2.27. The lowest BCUT2D eigenvalue weighted by molar-refractivity contribution is -0.0591.